The normalized spacial score (nSPS) is 12.3. The summed E-state index contributed by atoms with van der Waals surface area (Å²) in [7, 11) is 0. The van der Waals surface area contributed by atoms with Crippen LogP contribution in [0.1, 0.15) is 18.1 Å². The van der Waals surface area contributed by atoms with Crippen molar-refractivity contribution in [2.45, 2.75) is 33.4 Å². The van der Waals surface area contributed by atoms with Crippen LogP contribution in [0.25, 0.3) is 11.0 Å². The van der Waals surface area contributed by atoms with Gasteiger partial charge in [-0.2, -0.15) is 0 Å². The van der Waals surface area contributed by atoms with E-state index in [9.17, 15) is 9.59 Å². The lowest BCUT2D eigenvalue weighted by atomic mass is 10.1. The van der Waals surface area contributed by atoms with Crippen molar-refractivity contribution in [2.75, 3.05) is 0 Å². The lowest BCUT2D eigenvalue weighted by molar-refractivity contribution is -0.141. The number of aryl methyl sites for hydroxylation is 2. The van der Waals surface area contributed by atoms with Gasteiger partial charge < -0.3 is 15.0 Å². The highest BCUT2D eigenvalue weighted by atomic mass is 16.4. The summed E-state index contributed by atoms with van der Waals surface area (Å²) in [5.41, 5.74) is 3.94. The fourth-order valence-electron chi connectivity index (χ4n) is 2.09. The van der Waals surface area contributed by atoms with Crippen LogP contribution in [0.3, 0.4) is 0 Å². The third-order valence-corrected chi connectivity index (χ3v) is 3.29. The third kappa shape index (κ3) is 2.79. The first-order chi connectivity index (χ1) is 9.38. The number of benzene rings is 1. The van der Waals surface area contributed by atoms with E-state index >= 15 is 0 Å². The molecule has 0 aliphatic heterocycles. The van der Waals surface area contributed by atoms with E-state index in [4.69, 9.17) is 5.11 Å². The summed E-state index contributed by atoms with van der Waals surface area (Å²) in [6.45, 7) is 5.45. The number of rotatable bonds is 4. The number of carbonyl (C=O) groups excluding carboxylic acids is 1. The number of hydrogen-bond acceptors (Lipinski definition) is 3. The Labute approximate surface area is 116 Å². The number of hydrogen-bond donors (Lipinski definition) is 2. The van der Waals surface area contributed by atoms with Gasteiger partial charge in [-0.1, -0.05) is 0 Å². The Morgan fingerprint density at radius 2 is 2.00 bits per heavy atom. The molecule has 2 N–H and O–H groups in total. The van der Waals surface area contributed by atoms with Gasteiger partial charge in [-0.3, -0.25) is 4.79 Å². The second kappa shape index (κ2) is 5.32. The number of carboxylic acid groups (broad SMARTS) is 1. The maximum atomic E-state index is 11.2. The molecule has 1 amide bonds. The number of aromatic nitrogens is 2. The van der Waals surface area contributed by atoms with Gasteiger partial charge in [0.15, 0.2) is 0 Å². The van der Waals surface area contributed by atoms with Gasteiger partial charge in [0, 0.05) is 6.92 Å². The zero-order valence-electron chi connectivity index (χ0n) is 11.7. The molecule has 0 bridgehead atoms. The van der Waals surface area contributed by atoms with Gasteiger partial charge in [-0.05, 0) is 37.1 Å². The summed E-state index contributed by atoms with van der Waals surface area (Å²) in [5.74, 6) is -1.43. The quantitative estimate of drug-likeness (QED) is 0.879. The molecule has 0 spiro atoms. The highest BCUT2D eigenvalue weighted by Crippen LogP contribution is 2.18. The van der Waals surface area contributed by atoms with Crippen molar-refractivity contribution in [3.8, 4) is 0 Å². The van der Waals surface area contributed by atoms with Crippen LogP contribution in [0, 0.1) is 13.8 Å². The molecule has 6 heteroatoms. The number of carbonyl (C=O) groups is 2. The lowest BCUT2D eigenvalue weighted by Crippen LogP contribution is -2.42. The minimum absolute atomic E-state index is 0.147. The van der Waals surface area contributed by atoms with Crippen LogP contribution in [-0.4, -0.2) is 32.6 Å². The second-order valence-electron chi connectivity index (χ2n) is 4.91. The summed E-state index contributed by atoms with van der Waals surface area (Å²) >= 11 is 0. The number of nitrogens with one attached hydrogen (secondary N) is 1. The van der Waals surface area contributed by atoms with E-state index in [-0.39, 0.29) is 12.5 Å². The monoisotopic (exact) mass is 275 g/mol. The average Bonchev–Trinajstić information content (AvgIpc) is 2.71. The van der Waals surface area contributed by atoms with Crippen molar-refractivity contribution in [2.24, 2.45) is 0 Å². The van der Waals surface area contributed by atoms with Crippen LogP contribution in [0.4, 0.5) is 0 Å². The van der Waals surface area contributed by atoms with Gasteiger partial charge in [-0.15, -0.1) is 0 Å². The van der Waals surface area contributed by atoms with Crippen LogP contribution < -0.4 is 5.32 Å². The number of imidazole rings is 1. The molecule has 0 radical (unpaired) electrons. The van der Waals surface area contributed by atoms with Crippen molar-refractivity contribution in [1.29, 1.82) is 0 Å². The summed E-state index contributed by atoms with van der Waals surface area (Å²) in [4.78, 5) is 26.5. The first-order valence-corrected chi connectivity index (χ1v) is 6.30. The summed E-state index contributed by atoms with van der Waals surface area (Å²) in [5, 5.41) is 11.6. The number of carboxylic acids is 1. The van der Waals surface area contributed by atoms with E-state index in [2.05, 4.69) is 10.3 Å². The van der Waals surface area contributed by atoms with E-state index in [0.717, 1.165) is 22.2 Å². The Balaban J connectivity index is 2.35. The molecular formula is C14H17N3O3. The van der Waals surface area contributed by atoms with Crippen molar-refractivity contribution >= 4 is 22.9 Å². The van der Waals surface area contributed by atoms with E-state index < -0.39 is 12.0 Å². The van der Waals surface area contributed by atoms with Crippen LogP contribution >= 0.6 is 0 Å². The molecule has 0 saturated heterocycles. The number of fused-ring (bicyclic) bond motifs is 1. The molecular weight excluding hydrogens is 258 g/mol. The molecule has 2 rings (SSSR count). The lowest BCUT2D eigenvalue weighted by Gasteiger charge is -2.14. The van der Waals surface area contributed by atoms with E-state index in [0.29, 0.717) is 0 Å². The van der Waals surface area contributed by atoms with Gasteiger partial charge in [0.25, 0.3) is 0 Å². The van der Waals surface area contributed by atoms with Crippen molar-refractivity contribution in [3.63, 3.8) is 0 Å². The Morgan fingerprint density at radius 1 is 1.35 bits per heavy atom. The van der Waals surface area contributed by atoms with Gasteiger partial charge in [0.2, 0.25) is 5.91 Å². The second-order valence-corrected chi connectivity index (χ2v) is 4.91. The molecule has 1 heterocycles. The number of amides is 1. The summed E-state index contributed by atoms with van der Waals surface area (Å²) < 4.78 is 1.75. The summed E-state index contributed by atoms with van der Waals surface area (Å²) in [6.07, 6.45) is 1.60. The van der Waals surface area contributed by atoms with Gasteiger partial charge in [0.05, 0.1) is 23.9 Å². The van der Waals surface area contributed by atoms with Crippen LogP contribution in [0.2, 0.25) is 0 Å². The maximum absolute atomic E-state index is 11.2. The molecule has 106 valence electrons. The standard InChI is InChI=1S/C14H17N3O3/c1-8-4-11-13(5-9(8)2)17(7-15-11)6-12(14(19)20)16-10(3)18/h4-5,7,12H,6H2,1-3H3,(H,16,18)(H,19,20). The molecule has 1 aromatic heterocycles. The molecule has 0 aliphatic carbocycles. The van der Waals surface area contributed by atoms with Gasteiger partial charge in [-0.25, -0.2) is 9.78 Å². The molecule has 1 atom stereocenters. The highest BCUT2D eigenvalue weighted by molar-refractivity contribution is 5.82. The first-order valence-electron chi connectivity index (χ1n) is 6.30. The van der Waals surface area contributed by atoms with Crippen molar-refractivity contribution < 1.29 is 14.7 Å². The number of nitrogens with zero attached hydrogens (tertiary/aromatic N) is 2. The smallest absolute Gasteiger partial charge is 0.328 e. The fraction of sp³-hybridized carbons (Fsp3) is 0.357. The first kappa shape index (κ1) is 14.0. The predicted octanol–water partition coefficient (Wildman–Crippen LogP) is 1.24. The molecule has 20 heavy (non-hydrogen) atoms. The average molecular weight is 275 g/mol. The Kier molecular flexibility index (Phi) is 3.74. The van der Waals surface area contributed by atoms with Crippen LogP contribution in [-0.2, 0) is 16.1 Å². The molecule has 1 aromatic carbocycles. The van der Waals surface area contributed by atoms with Crippen LogP contribution in [0.5, 0.6) is 0 Å². The maximum Gasteiger partial charge on any atom is 0.328 e. The number of aliphatic carboxylic acids is 1. The third-order valence-electron chi connectivity index (χ3n) is 3.29. The topological polar surface area (TPSA) is 84.2 Å². The zero-order chi connectivity index (χ0) is 14.9. The van der Waals surface area contributed by atoms with E-state index in [1.807, 2.05) is 26.0 Å². The fourth-order valence-corrected chi connectivity index (χ4v) is 2.09. The van der Waals surface area contributed by atoms with E-state index in [1.54, 1.807) is 10.9 Å². The molecule has 0 aliphatic rings. The summed E-state index contributed by atoms with van der Waals surface area (Å²) in [6, 6.07) is 2.98. The molecule has 1 unspecified atom stereocenters. The van der Waals surface area contributed by atoms with Crippen molar-refractivity contribution in [3.05, 3.63) is 29.6 Å². The largest absolute Gasteiger partial charge is 0.480 e. The minimum atomic E-state index is -1.06. The highest BCUT2D eigenvalue weighted by Gasteiger charge is 2.20. The molecule has 0 saturated carbocycles. The Hall–Kier alpha value is -2.37. The molecule has 2 aromatic rings. The predicted molar refractivity (Wildman–Crippen MR) is 74.4 cm³/mol. The minimum Gasteiger partial charge on any atom is -0.480 e. The van der Waals surface area contributed by atoms with Crippen LogP contribution in [0.15, 0.2) is 18.5 Å². The van der Waals surface area contributed by atoms with E-state index in [1.165, 1.54) is 6.92 Å². The Morgan fingerprint density at radius 3 is 2.60 bits per heavy atom. The zero-order valence-corrected chi connectivity index (χ0v) is 11.7. The SMILES string of the molecule is CC(=O)NC(Cn1cnc2cc(C)c(C)cc21)C(=O)O. The van der Waals surface area contributed by atoms with Gasteiger partial charge >= 0.3 is 5.97 Å². The van der Waals surface area contributed by atoms with Crippen molar-refractivity contribution in [1.82, 2.24) is 14.9 Å². The Bertz CT molecular complexity index is 676. The molecule has 0 fully saturated rings. The van der Waals surface area contributed by atoms with Gasteiger partial charge in [0.1, 0.15) is 6.04 Å². The molecule has 6 nitrogen and oxygen atoms in total.